The summed E-state index contributed by atoms with van der Waals surface area (Å²) in [6.45, 7) is 11.5. The molecule has 5 atom stereocenters. The first-order valence-electron chi connectivity index (χ1n) is 10.3. The van der Waals surface area contributed by atoms with E-state index in [1.54, 1.807) is 6.08 Å². The number of aliphatic hydroxyl groups excluding tert-OH is 1. The van der Waals surface area contributed by atoms with E-state index >= 15 is 0 Å². The van der Waals surface area contributed by atoms with E-state index in [9.17, 15) is 9.90 Å². The number of rotatable bonds is 0. The van der Waals surface area contributed by atoms with Crippen LogP contribution in [-0.2, 0) is 14.2 Å². The first-order valence-corrected chi connectivity index (χ1v) is 10.3. The minimum Gasteiger partial charge on any atom is -0.458 e. The maximum absolute atomic E-state index is 12.9. The number of hydrogen-bond acceptors (Lipinski definition) is 5. The van der Waals surface area contributed by atoms with Crippen LogP contribution in [0.2, 0.25) is 0 Å². The van der Waals surface area contributed by atoms with Gasteiger partial charge in [-0.25, -0.2) is 4.79 Å². The maximum atomic E-state index is 12.9. The molecule has 0 amide bonds. The van der Waals surface area contributed by atoms with E-state index in [2.05, 4.69) is 0 Å². The average molecular weight is 401 g/mol. The summed E-state index contributed by atoms with van der Waals surface area (Å²) in [4.78, 5) is 12.9. The van der Waals surface area contributed by atoms with Crippen LogP contribution in [0.5, 0.6) is 0 Å². The lowest BCUT2D eigenvalue weighted by molar-refractivity contribution is -0.152. The van der Waals surface area contributed by atoms with Gasteiger partial charge in [-0.05, 0) is 52.2 Å². The van der Waals surface area contributed by atoms with Gasteiger partial charge in [-0.3, -0.25) is 0 Å². The third-order valence-electron chi connectivity index (χ3n) is 5.58. The number of benzene rings is 1. The SMILES string of the molecule is Cc1cc(C)c2c(c1)C=CC[C@@H]1OC(C)(C)O[C@@H]1C(O)/C=C\[C@@H](C)[C@H](C)OC2=O. The fraction of sp³-hybridized carbons (Fsp3) is 0.542. The van der Waals surface area contributed by atoms with Crippen LogP contribution in [0.1, 0.15) is 61.2 Å². The van der Waals surface area contributed by atoms with E-state index in [0.717, 1.165) is 16.7 Å². The van der Waals surface area contributed by atoms with Gasteiger partial charge in [0.2, 0.25) is 0 Å². The highest BCUT2D eigenvalue weighted by molar-refractivity contribution is 5.95. The second kappa shape index (κ2) is 8.42. The van der Waals surface area contributed by atoms with Crippen LogP contribution in [0.25, 0.3) is 6.08 Å². The highest BCUT2D eigenvalue weighted by Crippen LogP contribution is 2.33. The number of hydrogen-bond donors (Lipinski definition) is 1. The lowest BCUT2D eigenvalue weighted by Crippen LogP contribution is -2.34. The van der Waals surface area contributed by atoms with Crippen LogP contribution in [0.3, 0.4) is 0 Å². The molecule has 1 aromatic rings. The zero-order valence-corrected chi connectivity index (χ0v) is 18.1. The van der Waals surface area contributed by atoms with Gasteiger partial charge in [0.25, 0.3) is 0 Å². The minimum atomic E-state index is -0.805. The summed E-state index contributed by atoms with van der Waals surface area (Å²) in [5, 5.41) is 10.7. The molecule has 2 aliphatic rings. The van der Waals surface area contributed by atoms with Crippen molar-refractivity contribution >= 4 is 12.0 Å². The summed E-state index contributed by atoms with van der Waals surface area (Å²) in [6.07, 6.45) is 6.18. The van der Waals surface area contributed by atoms with E-state index in [1.807, 2.05) is 71.9 Å². The molecular weight excluding hydrogens is 368 g/mol. The number of fused-ring (bicyclic) bond motifs is 2. The molecule has 2 heterocycles. The third kappa shape index (κ3) is 4.97. The van der Waals surface area contributed by atoms with Gasteiger partial charge in [-0.15, -0.1) is 0 Å². The molecule has 5 heteroatoms. The van der Waals surface area contributed by atoms with E-state index in [0.29, 0.717) is 12.0 Å². The lowest BCUT2D eigenvalue weighted by atomic mass is 9.96. The van der Waals surface area contributed by atoms with Gasteiger partial charge >= 0.3 is 5.97 Å². The van der Waals surface area contributed by atoms with Gasteiger partial charge in [-0.2, -0.15) is 0 Å². The lowest BCUT2D eigenvalue weighted by Gasteiger charge is -2.22. The molecule has 158 valence electrons. The number of carbonyl (C=O) groups is 1. The quantitative estimate of drug-likeness (QED) is 0.518. The summed E-state index contributed by atoms with van der Waals surface area (Å²) in [6, 6.07) is 3.98. The van der Waals surface area contributed by atoms with Crippen molar-refractivity contribution in [3.8, 4) is 0 Å². The Morgan fingerprint density at radius 3 is 2.55 bits per heavy atom. The molecule has 0 aliphatic carbocycles. The Bertz CT molecular complexity index is 823. The van der Waals surface area contributed by atoms with E-state index < -0.39 is 18.0 Å². The fourth-order valence-corrected chi connectivity index (χ4v) is 3.96. The summed E-state index contributed by atoms with van der Waals surface area (Å²) in [5.74, 6) is -1.14. The van der Waals surface area contributed by atoms with Gasteiger partial charge in [0.1, 0.15) is 18.3 Å². The Balaban J connectivity index is 2.02. The number of aryl methyl sites for hydroxylation is 2. The monoisotopic (exact) mass is 400 g/mol. The normalized spacial score (nSPS) is 33.3. The predicted molar refractivity (Wildman–Crippen MR) is 113 cm³/mol. The molecule has 2 aliphatic heterocycles. The van der Waals surface area contributed by atoms with Gasteiger partial charge in [0.15, 0.2) is 5.79 Å². The van der Waals surface area contributed by atoms with Crippen molar-refractivity contribution < 1.29 is 24.1 Å². The molecule has 1 fully saturated rings. The highest BCUT2D eigenvalue weighted by Gasteiger charge is 2.43. The molecule has 1 aromatic carbocycles. The number of cyclic esters (lactones) is 1. The van der Waals surface area contributed by atoms with Crippen molar-refractivity contribution in [1.82, 2.24) is 0 Å². The van der Waals surface area contributed by atoms with Crippen molar-refractivity contribution in [2.24, 2.45) is 5.92 Å². The van der Waals surface area contributed by atoms with E-state index in [4.69, 9.17) is 14.2 Å². The Morgan fingerprint density at radius 2 is 1.83 bits per heavy atom. The Labute approximate surface area is 173 Å². The molecule has 5 nitrogen and oxygen atoms in total. The topological polar surface area (TPSA) is 65.0 Å². The summed E-state index contributed by atoms with van der Waals surface area (Å²) >= 11 is 0. The predicted octanol–water partition coefficient (Wildman–Crippen LogP) is 4.34. The van der Waals surface area contributed by atoms with Crippen LogP contribution in [0, 0.1) is 19.8 Å². The Kier molecular flexibility index (Phi) is 6.32. The van der Waals surface area contributed by atoms with Crippen molar-refractivity contribution in [3.63, 3.8) is 0 Å². The molecule has 0 saturated carbocycles. The van der Waals surface area contributed by atoms with Crippen molar-refractivity contribution in [2.75, 3.05) is 0 Å². The highest BCUT2D eigenvalue weighted by atomic mass is 16.8. The zero-order valence-electron chi connectivity index (χ0n) is 18.1. The summed E-state index contributed by atoms with van der Waals surface area (Å²) in [5.41, 5.74) is 3.40. The second-order valence-electron chi connectivity index (χ2n) is 8.67. The summed E-state index contributed by atoms with van der Waals surface area (Å²) in [7, 11) is 0. The van der Waals surface area contributed by atoms with Gasteiger partial charge in [-0.1, -0.05) is 48.9 Å². The molecule has 3 rings (SSSR count). The molecular formula is C24H32O5. The van der Waals surface area contributed by atoms with Crippen LogP contribution in [0.4, 0.5) is 0 Å². The minimum absolute atomic E-state index is 0.0601. The average Bonchev–Trinajstić information content (AvgIpc) is 2.92. The van der Waals surface area contributed by atoms with E-state index in [-0.39, 0.29) is 24.1 Å². The first-order chi connectivity index (χ1) is 13.6. The molecule has 0 radical (unpaired) electrons. The summed E-state index contributed by atoms with van der Waals surface area (Å²) < 4.78 is 17.7. The number of aliphatic hydroxyl groups is 1. The molecule has 0 aromatic heterocycles. The number of ether oxygens (including phenoxy) is 3. The second-order valence-corrected chi connectivity index (χ2v) is 8.67. The number of esters is 1. The Hall–Kier alpha value is -1.95. The standard InChI is InChI=1S/C24H32O5/c1-14-12-16(3)21-18(13-14)8-7-9-20-22(29-24(5,6)28-20)19(25)11-10-15(2)17(4)27-23(21)26/h7-8,10-13,15,17,19-20,22,25H,9H2,1-6H3/b8-7?,11-10-/t15-,17+,19?,20+,22-/m1/s1. The first kappa shape index (κ1) is 21.8. The molecule has 1 N–H and O–H groups in total. The van der Waals surface area contributed by atoms with Crippen LogP contribution in [-0.4, -0.2) is 41.3 Å². The van der Waals surface area contributed by atoms with Crippen molar-refractivity contribution in [3.05, 3.63) is 52.6 Å². The maximum Gasteiger partial charge on any atom is 0.339 e. The smallest absolute Gasteiger partial charge is 0.339 e. The number of carbonyl (C=O) groups excluding carboxylic acids is 1. The van der Waals surface area contributed by atoms with Crippen LogP contribution >= 0.6 is 0 Å². The molecule has 0 spiro atoms. The molecule has 0 bridgehead atoms. The fourth-order valence-electron chi connectivity index (χ4n) is 3.96. The van der Waals surface area contributed by atoms with E-state index in [1.165, 1.54) is 0 Å². The van der Waals surface area contributed by atoms with Gasteiger partial charge in [0.05, 0.1) is 11.7 Å². The van der Waals surface area contributed by atoms with Crippen LogP contribution < -0.4 is 0 Å². The molecule has 29 heavy (non-hydrogen) atoms. The molecule has 1 unspecified atom stereocenters. The van der Waals surface area contributed by atoms with Crippen molar-refractivity contribution in [2.45, 2.75) is 78.2 Å². The molecule has 1 saturated heterocycles. The van der Waals surface area contributed by atoms with Gasteiger partial charge < -0.3 is 19.3 Å². The Morgan fingerprint density at radius 1 is 1.10 bits per heavy atom. The van der Waals surface area contributed by atoms with Crippen molar-refractivity contribution in [1.29, 1.82) is 0 Å². The van der Waals surface area contributed by atoms with Crippen LogP contribution in [0.15, 0.2) is 30.4 Å². The zero-order chi connectivity index (χ0) is 21.3. The largest absolute Gasteiger partial charge is 0.458 e. The third-order valence-corrected chi connectivity index (χ3v) is 5.58. The van der Waals surface area contributed by atoms with Gasteiger partial charge in [0, 0.05) is 5.92 Å².